The molecule has 1 saturated carbocycles. The first-order valence-corrected chi connectivity index (χ1v) is 5.38. The summed E-state index contributed by atoms with van der Waals surface area (Å²) in [5.74, 6) is 0.788. The van der Waals surface area contributed by atoms with E-state index in [4.69, 9.17) is 10.5 Å². The van der Waals surface area contributed by atoms with Crippen molar-refractivity contribution in [3.8, 4) is 0 Å². The van der Waals surface area contributed by atoms with Crippen LogP contribution in [-0.2, 0) is 4.74 Å². The van der Waals surface area contributed by atoms with Gasteiger partial charge in [-0.05, 0) is 38.3 Å². The van der Waals surface area contributed by atoms with Crippen molar-refractivity contribution in [1.29, 1.82) is 0 Å². The highest BCUT2D eigenvalue weighted by Crippen LogP contribution is 2.67. The van der Waals surface area contributed by atoms with Crippen molar-refractivity contribution in [1.82, 2.24) is 5.32 Å². The molecule has 3 heteroatoms. The molecule has 3 fully saturated rings. The van der Waals surface area contributed by atoms with Crippen LogP contribution in [-0.4, -0.2) is 31.8 Å². The summed E-state index contributed by atoms with van der Waals surface area (Å²) in [6.07, 6.45) is 3.66. The predicted molar refractivity (Wildman–Crippen MR) is 50.4 cm³/mol. The molecule has 2 heterocycles. The molecule has 3 nitrogen and oxygen atoms in total. The van der Waals surface area contributed by atoms with E-state index in [9.17, 15) is 0 Å². The van der Waals surface area contributed by atoms with Crippen LogP contribution in [0.15, 0.2) is 0 Å². The fourth-order valence-corrected chi connectivity index (χ4v) is 3.47. The number of nitrogens with one attached hydrogen (secondary N) is 1. The zero-order valence-corrected chi connectivity index (χ0v) is 8.01. The first kappa shape index (κ1) is 8.21. The van der Waals surface area contributed by atoms with Crippen LogP contribution in [0.1, 0.15) is 19.3 Å². The number of ether oxygens (including phenoxy) is 1. The van der Waals surface area contributed by atoms with Gasteiger partial charge in [-0.25, -0.2) is 0 Å². The molecule has 2 atom stereocenters. The second kappa shape index (κ2) is 2.47. The molecule has 1 aliphatic carbocycles. The Kier molecular flexibility index (Phi) is 1.56. The fraction of sp³-hybridized carbons (Fsp3) is 1.00. The second-order valence-corrected chi connectivity index (χ2v) is 4.82. The molecule has 3 N–H and O–H groups in total. The molecule has 0 aromatic carbocycles. The summed E-state index contributed by atoms with van der Waals surface area (Å²) in [7, 11) is 0. The van der Waals surface area contributed by atoms with Crippen LogP contribution in [0.5, 0.6) is 0 Å². The van der Waals surface area contributed by atoms with Gasteiger partial charge in [-0.2, -0.15) is 0 Å². The van der Waals surface area contributed by atoms with Crippen molar-refractivity contribution in [3.05, 3.63) is 0 Å². The third kappa shape index (κ3) is 0.853. The fourth-order valence-electron chi connectivity index (χ4n) is 3.47. The van der Waals surface area contributed by atoms with Gasteiger partial charge in [0.25, 0.3) is 0 Å². The van der Waals surface area contributed by atoms with Crippen LogP contribution < -0.4 is 11.1 Å². The Bertz CT molecular complexity index is 221. The highest BCUT2D eigenvalue weighted by molar-refractivity contribution is 5.20. The molecule has 3 rings (SSSR count). The van der Waals surface area contributed by atoms with E-state index in [0.29, 0.717) is 5.41 Å². The average molecular weight is 182 g/mol. The number of piperidine rings is 1. The molecule has 1 spiro atoms. The lowest BCUT2D eigenvalue weighted by atomic mass is 9.77. The largest absolute Gasteiger partial charge is 0.374 e. The zero-order valence-electron chi connectivity index (χ0n) is 8.01. The molecule has 2 aliphatic heterocycles. The van der Waals surface area contributed by atoms with E-state index in [1.54, 1.807) is 0 Å². The Hall–Kier alpha value is -0.120. The van der Waals surface area contributed by atoms with Crippen molar-refractivity contribution in [2.24, 2.45) is 17.1 Å². The van der Waals surface area contributed by atoms with Crippen molar-refractivity contribution in [2.45, 2.75) is 24.9 Å². The average Bonchev–Trinajstić information content (AvgIpc) is 2.86. The normalized spacial score (nSPS) is 46.4. The lowest BCUT2D eigenvalue weighted by Gasteiger charge is -2.40. The van der Waals surface area contributed by atoms with E-state index in [1.165, 1.54) is 19.3 Å². The van der Waals surface area contributed by atoms with Crippen LogP contribution in [0.3, 0.4) is 0 Å². The Balaban J connectivity index is 1.88. The highest BCUT2D eigenvalue weighted by atomic mass is 16.5. The van der Waals surface area contributed by atoms with Crippen molar-refractivity contribution in [2.75, 3.05) is 26.2 Å². The molecule has 0 aromatic rings. The molecule has 0 amide bonds. The Morgan fingerprint density at radius 2 is 2.15 bits per heavy atom. The van der Waals surface area contributed by atoms with Crippen LogP contribution in [0.25, 0.3) is 0 Å². The summed E-state index contributed by atoms with van der Waals surface area (Å²) in [4.78, 5) is 0. The SMILES string of the molecule is NC[C@]12C[C@H]1COC21CCNCC1. The maximum absolute atomic E-state index is 6.02. The van der Waals surface area contributed by atoms with Gasteiger partial charge in [-0.1, -0.05) is 0 Å². The zero-order chi connectivity index (χ0) is 8.94. The molecular weight excluding hydrogens is 164 g/mol. The lowest BCUT2D eigenvalue weighted by molar-refractivity contribution is -0.0727. The van der Waals surface area contributed by atoms with E-state index in [-0.39, 0.29) is 5.60 Å². The Morgan fingerprint density at radius 1 is 1.38 bits per heavy atom. The van der Waals surface area contributed by atoms with Gasteiger partial charge in [0.15, 0.2) is 0 Å². The van der Waals surface area contributed by atoms with Gasteiger partial charge in [0.05, 0.1) is 12.2 Å². The first-order valence-electron chi connectivity index (χ1n) is 5.38. The van der Waals surface area contributed by atoms with E-state index in [1.807, 2.05) is 0 Å². The second-order valence-electron chi connectivity index (χ2n) is 4.82. The van der Waals surface area contributed by atoms with Crippen LogP contribution >= 0.6 is 0 Å². The summed E-state index contributed by atoms with van der Waals surface area (Å²) in [6, 6.07) is 0. The summed E-state index contributed by atoms with van der Waals surface area (Å²) >= 11 is 0. The molecule has 0 bridgehead atoms. The third-order valence-corrected chi connectivity index (χ3v) is 4.48. The van der Waals surface area contributed by atoms with Crippen LogP contribution in [0.4, 0.5) is 0 Å². The molecule has 2 saturated heterocycles. The van der Waals surface area contributed by atoms with Crippen molar-refractivity contribution in [3.63, 3.8) is 0 Å². The Labute approximate surface area is 79.0 Å². The summed E-state index contributed by atoms with van der Waals surface area (Å²) in [6.45, 7) is 4.01. The minimum absolute atomic E-state index is 0.164. The molecular formula is C10H18N2O. The minimum atomic E-state index is 0.164. The Morgan fingerprint density at radius 3 is 2.77 bits per heavy atom. The predicted octanol–water partition coefficient (Wildman–Crippen LogP) is 0.104. The number of hydrogen-bond donors (Lipinski definition) is 2. The summed E-state index contributed by atoms with van der Waals surface area (Å²) in [5.41, 5.74) is 6.46. The van der Waals surface area contributed by atoms with E-state index >= 15 is 0 Å². The molecule has 0 unspecified atom stereocenters. The van der Waals surface area contributed by atoms with Gasteiger partial charge < -0.3 is 15.8 Å². The maximum Gasteiger partial charge on any atom is 0.0778 e. The van der Waals surface area contributed by atoms with Crippen LogP contribution in [0.2, 0.25) is 0 Å². The summed E-state index contributed by atoms with van der Waals surface area (Å²) in [5, 5.41) is 3.40. The number of hydrogen-bond acceptors (Lipinski definition) is 3. The molecule has 0 aromatic heterocycles. The van der Waals surface area contributed by atoms with Gasteiger partial charge in [-0.15, -0.1) is 0 Å². The van der Waals surface area contributed by atoms with Gasteiger partial charge in [0.2, 0.25) is 0 Å². The van der Waals surface area contributed by atoms with Crippen LogP contribution in [0, 0.1) is 11.3 Å². The van der Waals surface area contributed by atoms with Gasteiger partial charge in [-0.3, -0.25) is 0 Å². The minimum Gasteiger partial charge on any atom is -0.374 e. The molecule has 3 aliphatic rings. The van der Waals surface area contributed by atoms with Crippen molar-refractivity contribution >= 4 is 0 Å². The molecule has 0 radical (unpaired) electrons. The first-order chi connectivity index (χ1) is 6.33. The van der Waals surface area contributed by atoms with E-state index in [0.717, 1.165) is 32.2 Å². The number of nitrogens with two attached hydrogens (primary N) is 1. The third-order valence-electron chi connectivity index (χ3n) is 4.48. The standard InChI is InChI=1S/C10H18N2O/c11-7-9-5-8(9)6-13-10(9)1-3-12-4-2-10/h8,12H,1-7,11H2/t8-,9+/m0/s1. The number of rotatable bonds is 1. The number of fused-ring (bicyclic) bond motifs is 2. The summed E-state index contributed by atoms with van der Waals surface area (Å²) < 4.78 is 6.02. The maximum atomic E-state index is 6.02. The van der Waals surface area contributed by atoms with E-state index in [2.05, 4.69) is 5.32 Å². The van der Waals surface area contributed by atoms with E-state index < -0.39 is 0 Å². The van der Waals surface area contributed by atoms with Crippen molar-refractivity contribution < 1.29 is 4.74 Å². The lowest BCUT2D eigenvalue weighted by Crippen LogP contribution is -2.50. The monoisotopic (exact) mass is 182 g/mol. The molecule has 13 heavy (non-hydrogen) atoms. The van der Waals surface area contributed by atoms with Gasteiger partial charge in [0, 0.05) is 12.0 Å². The highest BCUT2D eigenvalue weighted by Gasteiger charge is 2.70. The van der Waals surface area contributed by atoms with Gasteiger partial charge >= 0.3 is 0 Å². The molecule has 74 valence electrons. The quantitative estimate of drug-likeness (QED) is 0.605. The topological polar surface area (TPSA) is 47.3 Å². The van der Waals surface area contributed by atoms with Gasteiger partial charge in [0.1, 0.15) is 0 Å². The smallest absolute Gasteiger partial charge is 0.0778 e.